The third-order valence-corrected chi connectivity index (χ3v) is 5.21. The van der Waals surface area contributed by atoms with Crippen molar-refractivity contribution in [1.82, 2.24) is 9.97 Å². The fourth-order valence-corrected chi connectivity index (χ4v) is 3.95. The zero-order valence-electron chi connectivity index (χ0n) is 12.3. The normalized spacial score (nSPS) is 28.0. The van der Waals surface area contributed by atoms with Gasteiger partial charge in [-0.3, -0.25) is 0 Å². The molecular weight excluding hydrogens is 286 g/mol. The summed E-state index contributed by atoms with van der Waals surface area (Å²) < 4.78 is 6.09. The number of nitrogens with zero attached hydrogens (tertiary/aromatic N) is 2. The molecular formula is C16H22ClN3O. The SMILES string of the molecule is Clc1cc(NC2CCOC3(CCCC3)C2)nc(C2CC2)n1. The van der Waals surface area contributed by atoms with E-state index in [9.17, 15) is 0 Å². The Bertz CT molecular complexity index is 526. The van der Waals surface area contributed by atoms with Gasteiger partial charge in [0.05, 0.1) is 5.60 Å². The van der Waals surface area contributed by atoms with Gasteiger partial charge in [0.2, 0.25) is 0 Å². The van der Waals surface area contributed by atoms with Gasteiger partial charge in [-0.15, -0.1) is 0 Å². The quantitative estimate of drug-likeness (QED) is 0.860. The van der Waals surface area contributed by atoms with Crippen LogP contribution in [-0.2, 0) is 4.74 Å². The molecule has 0 aromatic carbocycles. The van der Waals surface area contributed by atoms with Gasteiger partial charge in [0.15, 0.2) is 0 Å². The van der Waals surface area contributed by atoms with Gasteiger partial charge < -0.3 is 10.1 Å². The maximum absolute atomic E-state index is 6.14. The molecule has 1 saturated heterocycles. The Labute approximate surface area is 130 Å². The molecule has 1 N–H and O–H groups in total. The maximum Gasteiger partial charge on any atom is 0.135 e. The minimum Gasteiger partial charge on any atom is -0.375 e. The molecule has 2 saturated carbocycles. The van der Waals surface area contributed by atoms with Crippen molar-refractivity contribution in [2.75, 3.05) is 11.9 Å². The van der Waals surface area contributed by atoms with Gasteiger partial charge in [-0.05, 0) is 38.5 Å². The molecule has 114 valence electrons. The Morgan fingerprint density at radius 2 is 2.00 bits per heavy atom. The first-order valence-electron chi connectivity index (χ1n) is 8.17. The number of halogens is 1. The number of hydrogen-bond acceptors (Lipinski definition) is 4. The Kier molecular flexibility index (Phi) is 3.54. The van der Waals surface area contributed by atoms with E-state index in [4.69, 9.17) is 16.3 Å². The zero-order valence-corrected chi connectivity index (χ0v) is 13.0. The summed E-state index contributed by atoms with van der Waals surface area (Å²) in [5.41, 5.74) is 0.131. The van der Waals surface area contributed by atoms with Crippen molar-refractivity contribution in [2.45, 2.75) is 68.9 Å². The van der Waals surface area contributed by atoms with E-state index in [2.05, 4.69) is 15.3 Å². The summed E-state index contributed by atoms with van der Waals surface area (Å²) in [6, 6.07) is 2.29. The van der Waals surface area contributed by atoms with Crippen LogP contribution in [0.25, 0.3) is 0 Å². The monoisotopic (exact) mass is 307 g/mol. The third-order valence-electron chi connectivity index (χ3n) is 5.01. The number of aromatic nitrogens is 2. The van der Waals surface area contributed by atoms with Gasteiger partial charge in [0.25, 0.3) is 0 Å². The average molecular weight is 308 g/mol. The van der Waals surface area contributed by atoms with Crippen molar-refractivity contribution in [1.29, 1.82) is 0 Å². The van der Waals surface area contributed by atoms with Gasteiger partial charge >= 0.3 is 0 Å². The predicted octanol–water partition coefficient (Wildman–Crippen LogP) is 3.91. The summed E-state index contributed by atoms with van der Waals surface area (Å²) >= 11 is 6.14. The molecule has 0 bridgehead atoms. The Morgan fingerprint density at radius 3 is 2.76 bits per heavy atom. The van der Waals surface area contributed by atoms with Gasteiger partial charge in [-0.1, -0.05) is 24.4 Å². The van der Waals surface area contributed by atoms with E-state index in [1.807, 2.05) is 6.07 Å². The van der Waals surface area contributed by atoms with E-state index < -0.39 is 0 Å². The standard InChI is InChI=1S/C16H22ClN3O/c17-13-9-14(20-15(19-13)11-3-4-11)18-12-5-8-21-16(10-12)6-1-2-7-16/h9,11-12H,1-8,10H2,(H,18,19,20). The molecule has 0 amide bonds. The predicted molar refractivity (Wildman–Crippen MR) is 82.8 cm³/mol. The number of nitrogens with one attached hydrogen (secondary N) is 1. The molecule has 0 radical (unpaired) electrons. The highest BCUT2D eigenvalue weighted by molar-refractivity contribution is 6.29. The highest BCUT2D eigenvalue weighted by Crippen LogP contribution is 2.41. The van der Waals surface area contributed by atoms with Crippen molar-refractivity contribution >= 4 is 17.4 Å². The lowest BCUT2D eigenvalue weighted by Gasteiger charge is -2.38. The second kappa shape index (κ2) is 5.40. The van der Waals surface area contributed by atoms with Crippen molar-refractivity contribution in [3.05, 3.63) is 17.0 Å². The van der Waals surface area contributed by atoms with Crippen LogP contribution in [0.1, 0.15) is 63.1 Å². The summed E-state index contributed by atoms with van der Waals surface area (Å²) in [6.07, 6.45) is 9.55. The second-order valence-corrected chi connectivity index (χ2v) is 7.17. The Hall–Kier alpha value is -0.870. The first kappa shape index (κ1) is 13.8. The van der Waals surface area contributed by atoms with Crippen molar-refractivity contribution in [3.63, 3.8) is 0 Å². The second-order valence-electron chi connectivity index (χ2n) is 6.78. The van der Waals surface area contributed by atoms with Crippen LogP contribution in [0.5, 0.6) is 0 Å². The largest absolute Gasteiger partial charge is 0.375 e. The van der Waals surface area contributed by atoms with Crippen LogP contribution in [0.3, 0.4) is 0 Å². The van der Waals surface area contributed by atoms with Crippen LogP contribution in [-0.4, -0.2) is 28.2 Å². The summed E-state index contributed by atoms with van der Waals surface area (Å²) in [6.45, 7) is 0.853. The molecule has 2 heterocycles. The Morgan fingerprint density at radius 1 is 1.19 bits per heavy atom. The van der Waals surface area contributed by atoms with Gasteiger partial charge in [0, 0.05) is 24.6 Å². The van der Waals surface area contributed by atoms with Crippen LogP contribution in [0.15, 0.2) is 6.07 Å². The molecule has 1 atom stereocenters. The summed E-state index contributed by atoms with van der Waals surface area (Å²) in [7, 11) is 0. The van der Waals surface area contributed by atoms with E-state index in [1.54, 1.807) is 0 Å². The minimum absolute atomic E-state index is 0.131. The summed E-state index contributed by atoms with van der Waals surface area (Å²) in [5.74, 6) is 2.32. The molecule has 1 aromatic rings. The van der Waals surface area contributed by atoms with E-state index in [0.29, 0.717) is 17.1 Å². The van der Waals surface area contributed by atoms with Crippen molar-refractivity contribution in [3.8, 4) is 0 Å². The third kappa shape index (κ3) is 3.02. The smallest absolute Gasteiger partial charge is 0.135 e. The molecule has 21 heavy (non-hydrogen) atoms. The fourth-order valence-electron chi connectivity index (χ4n) is 3.76. The first-order chi connectivity index (χ1) is 10.2. The van der Waals surface area contributed by atoms with Crippen LogP contribution in [0, 0.1) is 0 Å². The summed E-state index contributed by atoms with van der Waals surface area (Å²) in [5, 5.41) is 4.13. The lowest BCUT2D eigenvalue weighted by atomic mass is 9.89. The molecule has 3 aliphatic rings. The van der Waals surface area contributed by atoms with E-state index in [1.165, 1.54) is 38.5 Å². The van der Waals surface area contributed by atoms with E-state index >= 15 is 0 Å². The molecule has 5 heteroatoms. The lowest BCUT2D eigenvalue weighted by Crippen LogP contribution is -2.42. The highest BCUT2D eigenvalue weighted by Gasteiger charge is 2.40. The topological polar surface area (TPSA) is 47.0 Å². The Balaban J connectivity index is 1.47. The number of anilines is 1. The molecule has 4 rings (SSSR count). The fraction of sp³-hybridized carbons (Fsp3) is 0.750. The first-order valence-corrected chi connectivity index (χ1v) is 8.55. The molecule has 4 nitrogen and oxygen atoms in total. The van der Waals surface area contributed by atoms with Gasteiger partial charge in [0.1, 0.15) is 16.8 Å². The van der Waals surface area contributed by atoms with Gasteiger partial charge in [-0.25, -0.2) is 9.97 Å². The van der Waals surface area contributed by atoms with Crippen molar-refractivity contribution < 1.29 is 4.74 Å². The van der Waals surface area contributed by atoms with Crippen molar-refractivity contribution in [2.24, 2.45) is 0 Å². The molecule has 2 aliphatic carbocycles. The van der Waals surface area contributed by atoms with E-state index in [0.717, 1.165) is 31.1 Å². The average Bonchev–Trinajstić information content (AvgIpc) is 3.22. The maximum atomic E-state index is 6.14. The molecule has 1 aliphatic heterocycles. The van der Waals surface area contributed by atoms with Gasteiger partial charge in [-0.2, -0.15) is 0 Å². The molecule has 1 aromatic heterocycles. The number of ether oxygens (including phenoxy) is 1. The van der Waals surface area contributed by atoms with Crippen LogP contribution >= 0.6 is 11.6 Å². The lowest BCUT2D eigenvalue weighted by molar-refractivity contribution is -0.0767. The minimum atomic E-state index is 0.131. The highest BCUT2D eigenvalue weighted by atomic mass is 35.5. The number of hydrogen-bond donors (Lipinski definition) is 1. The molecule has 1 spiro atoms. The number of rotatable bonds is 3. The molecule has 3 fully saturated rings. The van der Waals surface area contributed by atoms with Crippen LogP contribution in [0.2, 0.25) is 5.15 Å². The van der Waals surface area contributed by atoms with E-state index in [-0.39, 0.29) is 5.60 Å². The summed E-state index contributed by atoms with van der Waals surface area (Å²) in [4.78, 5) is 9.01. The zero-order chi connectivity index (χ0) is 14.3. The molecule has 1 unspecified atom stereocenters. The van der Waals surface area contributed by atoms with Crippen LogP contribution < -0.4 is 5.32 Å². The van der Waals surface area contributed by atoms with Crippen LogP contribution in [0.4, 0.5) is 5.82 Å².